The van der Waals surface area contributed by atoms with Gasteiger partial charge in [0.1, 0.15) is 0 Å². The van der Waals surface area contributed by atoms with Gasteiger partial charge < -0.3 is 10.1 Å². The zero-order valence-electron chi connectivity index (χ0n) is 17.2. The number of anilines is 1. The molecule has 1 N–H and O–H groups in total. The summed E-state index contributed by atoms with van der Waals surface area (Å²) in [6.45, 7) is 2.84. The number of rotatable bonds is 7. The van der Waals surface area contributed by atoms with Crippen LogP contribution in [0.4, 0.5) is 5.69 Å². The number of carbonyl (C=O) groups is 5. The first kappa shape index (κ1) is 21.7. The fourth-order valence-electron chi connectivity index (χ4n) is 4.12. The number of carbonyl (C=O) groups excluding carboxylic acids is 5. The highest BCUT2D eigenvalue weighted by molar-refractivity contribution is 6.05. The number of benzene rings is 1. The van der Waals surface area contributed by atoms with Crippen LogP contribution >= 0.6 is 0 Å². The van der Waals surface area contributed by atoms with Crippen molar-refractivity contribution in [2.24, 2.45) is 11.8 Å². The first-order valence-corrected chi connectivity index (χ1v) is 10.2. The number of esters is 1. The molecule has 0 unspecified atom stereocenters. The van der Waals surface area contributed by atoms with Crippen LogP contribution in [0.5, 0.6) is 0 Å². The number of hydrogen-bond donors (Lipinski definition) is 1. The second-order valence-corrected chi connectivity index (χ2v) is 7.83. The summed E-state index contributed by atoms with van der Waals surface area (Å²) >= 11 is 0. The second-order valence-electron chi connectivity index (χ2n) is 7.83. The van der Waals surface area contributed by atoms with E-state index < -0.39 is 12.1 Å². The molecule has 2 fully saturated rings. The summed E-state index contributed by atoms with van der Waals surface area (Å²) in [7, 11) is 0. The van der Waals surface area contributed by atoms with Gasteiger partial charge >= 0.3 is 5.97 Å². The fraction of sp³-hybridized carbons (Fsp3) is 0.500. The van der Waals surface area contributed by atoms with Gasteiger partial charge in [0.05, 0.1) is 18.3 Å². The van der Waals surface area contributed by atoms with E-state index in [1.165, 1.54) is 18.7 Å². The van der Waals surface area contributed by atoms with Gasteiger partial charge in [0.2, 0.25) is 23.5 Å². The maximum atomic E-state index is 12.5. The van der Waals surface area contributed by atoms with Crippen LogP contribution in [0.2, 0.25) is 0 Å². The quantitative estimate of drug-likeness (QED) is 0.417. The molecule has 3 atom stereocenters. The van der Waals surface area contributed by atoms with E-state index in [0.717, 1.165) is 25.7 Å². The normalized spacial score (nSPS) is 21.7. The van der Waals surface area contributed by atoms with Crippen molar-refractivity contribution >= 4 is 35.2 Å². The van der Waals surface area contributed by atoms with Crippen molar-refractivity contribution in [2.45, 2.75) is 52.1 Å². The van der Waals surface area contributed by atoms with E-state index in [-0.39, 0.29) is 48.3 Å². The summed E-state index contributed by atoms with van der Waals surface area (Å²) < 4.78 is 5.20. The van der Waals surface area contributed by atoms with Crippen LogP contribution in [0.3, 0.4) is 0 Å². The molecule has 160 valence electrons. The average Bonchev–Trinajstić information content (AvgIpc) is 2.96. The minimum Gasteiger partial charge on any atom is -0.454 e. The number of amides is 3. The summed E-state index contributed by atoms with van der Waals surface area (Å²) in [4.78, 5) is 61.8. The molecule has 1 aliphatic heterocycles. The lowest BCUT2D eigenvalue weighted by atomic mass is 9.81. The van der Waals surface area contributed by atoms with E-state index >= 15 is 0 Å². The minimum absolute atomic E-state index is 0.0180. The Morgan fingerprint density at radius 1 is 1.07 bits per heavy atom. The topological polar surface area (TPSA) is 110 Å². The molecule has 30 heavy (non-hydrogen) atoms. The number of nitrogens with zero attached hydrogens (tertiary/aromatic N) is 1. The van der Waals surface area contributed by atoms with E-state index in [0.29, 0.717) is 11.3 Å². The highest BCUT2D eigenvalue weighted by atomic mass is 16.5. The summed E-state index contributed by atoms with van der Waals surface area (Å²) in [6.07, 6.45) is 2.20. The van der Waals surface area contributed by atoms with Crippen LogP contribution in [-0.4, -0.2) is 47.0 Å². The van der Waals surface area contributed by atoms with Gasteiger partial charge in [0, 0.05) is 24.7 Å². The molecule has 0 aromatic heterocycles. The van der Waals surface area contributed by atoms with Crippen LogP contribution in [0.25, 0.3) is 0 Å². The van der Waals surface area contributed by atoms with Crippen LogP contribution in [-0.2, 0) is 23.9 Å². The summed E-state index contributed by atoms with van der Waals surface area (Å²) in [5.41, 5.74) is 0.905. The molecule has 1 aromatic rings. The lowest BCUT2D eigenvalue weighted by molar-refractivity contribution is -0.148. The number of ketones is 1. The Morgan fingerprint density at radius 3 is 2.17 bits per heavy atom. The van der Waals surface area contributed by atoms with Crippen molar-refractivity contribution < 1.29 is 28.7 Å². The minimum atomic E-state index is -1.00. The van der Waals surface area contributed by atoms with Gasteiger partial charge in [-0.1, -0.05) is 12.8 Å². The Labute approximate surface area is 174 Å². The van der Waals surface area contributed by atoms with Crippen LogP contribution in [0, 0.1) is 11.8 Å². The van der Waals surface area contributed by atoms with Crippen molar-refractivity contribution in [3.05, 3.63) is 29.8 Å². The van der Waals surface area contributed by atoms with Crippen molar-refractivity contribution in [1.82, 2.24) is 4.90 Å². The van der Waals surface area contributed by atoms with Gasteiger partial charge in [-0.2, -0.15) is 0 Å². The number of nitrogens with one attached hydrogen (secondary N) is 1. The third-order valence-corrected chi connectivity index (χ3v) is 5.64. The first-order chi connectivity index (χ1) is 14.3. The van der Waals surface area contributed by atoms with Crippen LogP contribution < -0.4 is 5.32 Å². The highest BCUT2D eigenvalue weighted by Gasteiger charge is 2.47. The van der Waals surface area contributed by atoms with Crippen LogP contribution in [0.1, 0.15) is 56.3 Å². The largest absolute Gasteiger partial charge is 0.454 e. The molecule has 1 aliphatic carbocycles. The molecule has 0 radical (unpaired) electrons. The van der Waals surface area contributed by atoms with E-state index in [2.05, 4.69) is 5.32 Å². The van der Waals surface area contributed by atoms with Gasteiger partial charge in [0.15, 0.2) is 6.10 Å². The fourth-order valence-corrected chi connectivity index (χ4v) is 4.12. The van der Waals surface area contributed by atoms with E-state index in [9.17, 15) is 24.0 Å². The molecule has 8 heteroatoms. The van der Waals surface area contributed by atoms with Gasteiger partial charge in [0.25, 0.3) is 0 Å². The monoisotopic (exact) mass is 414 g/mol. The number of hydrogen-bond acceptors (Lipinski definition) is 6. The zero-order chi connectivity index (χ0) is 21.8. The summed E-state index contributed by atoms with van der Waals surface area (Å²) in [6, 6.07) is 6.27. The molecule has 3 amide bonds. The van der Waals surface area contributed by atoms with Gasteiger partial charge in [-0.05, 0) is 44.0 Å². The van der Waals surface area contributed by atoms with E-state index in [1.54, 1.807) is 24.3 Å². The van der Waals surface area contributed by atoms with Gasteiger partial charge in [-0.25, -0.2) is 0 Å². The maximum absolute atomic E-state index is 12.5. The van der Waals surface area contributed by atoms with Gasteiger partial charge in [-0.3, -0.25) is 28.9 Å². The molecule has 0 bridgehead atoms. The Balaban J connectivity index is 1.50. The second kappa shape index (κ2) is 9.19. The lowest BCUT2D eigenvalue weighted by Crippen LogP contribution is -2.34. The van der Waals surface area contributed by atoms with E-state index in [1.807, 2.05) is 0 Å². The zero-order valence-corrected chi connectivity index (χ0v) is 17.2. The Morgan fingerprint density at radius 2 is 1.63 bits per heavy atom. The summed E-state index contributed by atoms with van der Waals surface area (Å²) in [5, 5.41) is 2.61. The molecule has 1 aromatic carbocycles. The molecular weight excluding hydrogens is 388 g/mol. The molecule has 0 spiro atoms. The lowest BCUT2D eigenvalue weighted by Gasteiger charge is -2.19. The van der Waals surface area contributed by atoms with Gasteiger partial charge in [-0.15, -0.1) is 0 Å². The smallest absolute Gasteiger partial charge is 0.308 e. The molecule has 8 nitrogen and oxygen atoms in total. The Bertz CT molecular complexity index is 839. The molecule has 1 saturated carbocycles. The molecule has 1 heterocycles. The molecule has 3 rings (SSSR count). The molecule has 1 saturated heterocycles. The predicted molar refractivity (Wildman–Crippen MR) is 107 cm³/mol. The summed E-state index contributed by atoms with van der Waals surface area (Å²) in [5.74, 6) is -2.11. The van der Waals surface area contributed by atoms with Crippen molar-refractivity contribution in [1.29, 1.82) is 0 Å². The third kappa shape index (κ3) is 4.75. The average molecular weight is 414 g/mol. The number of fused-ring (bicyclic) bond motifs is 1. The van der Waals surface area contributed by atoms with Crippen molar-refractivity contribution in [3.8, 4) is 0 Å². The molecular formula is C22H26N2O6. The molecule has 2 aliphatic rings. The number of ether oxygens (including phenoxy) is 1. The first-order valence-electron chi connectivity index (χ1n) is 10.2. The number of likely N-dealkylation sites (tertiary alicyclic amines) is 1. The van der Waals surface area contributed by atoms with Crippen LogP contribution in [0.15, 0.2) is 24.3 Å². The Hall–Kier alpha value is -3.03. The third-order valence-electron chi connectivity index (χ3n) is 5.64. The standard InChI is InChI=1S/C22H26N2O6/c1-13(20(27)15-7-9-16(10-8-15)23-14(2)25)30-19(26)11-12-24-21(28)17-5-3-4-6-18(17)22(24)29/h7-10,13,17-18H,3-6,11-12H2,1-2H3,(H,23,25)/t13-,17+,18+/m1/s1. The highest BCUT2D eigenvalue weighted by Crippen LogP contribution is 2.38. The SMILES string of the molecule is CC(=O)Nc1ccc(C(=O)[C@@H](C)OC(=O)CCN2C(=O)[C@H]3CCCC[C@@H]3C2=O)cc1. The van der Waals surface area contributed by atoms with E-state index in [4.69, 9.17) is 4.74 Å². The van der Waals surface area contributed by atoms with Crippen molar-refractivity contribution in [2.75, 3.05) is 11.9 Å². The number of imide groups is 1. The predicted octanol–water partition coefficient (Wildman–Crippen LogP) is 2.32. The Kier molecular flexibility index (Phi) is 6.64. The maximum Gasteiger partial charge on any atom is 0.308 e. The van der Waals surface area contributed by atoms with Crippen molar-refractivity contribution in [3.63, 3.8) is 0 Å². The number of Topliss-reactive ketones (excluding diaryl/α,β-unsaturated/α-hetero) is 1.